The van der Waals surface area contributed by atoms with Gasteiger partial charge in [-0.15, -0.1) is 0 Å². The average molecular weight is 281 g/mol. The lowest BCUT2D eigenvalue weighted by atomic mass is 9.76. The van der Waals surface area contributed by atoms with Crippen molar-refractivity contribution in [3.05, 3.63) is 58.4 Å². The predicted molar refractivity (Wildman–Crippen MR) is 85.9 cm³/mol. The summed E-state index contributed by atoms with van der Waals surface area (Å²) in [5.74, 6) is 0.298. The Morgan fingerprint density at radius 3 is 2.62 bits per heavy atom. The third-order valence-electron chi connectivity index (χ3n) is 4.42. The first kappa shape index (κ1) is 14.1. The van der Waals surface area contributed by atoms with Gasteiger partial charge in [0.2, 0.25) is 0 Å². The fraction of sp³-hybridized carbons (Fsp3) is 0.421. The predicted octanol–water partition coefficient (Wildman–Crippen LogP) is 4.31. The van der Waals surface area contributed by atoms with Crippen LogP contribution < -0.4 is 0 Å². The Bertz CT molecular complexity index is 706. The first-order valence-electron chi connectivity index (χ1n) is 7.63. The van der Waals surface area contributed by atoms with Gasteiger partial charge < -0.3 is 4.57 Å². The third-order valence-corrected chi connectivity index (χ3v) is 4.42. The van der Waals surface area contributed by atoms with E-state index in [9.17, 15) is 4.79 Å². The summed E-state index contributed by atoms with van der Waals surface area (Å²) in [6, 6.07) is 10.7. The average Bonchev–Trinajstić information content (AvgIpc) is 2.66. The zero-order chi connectivity index (χ0) is 15.2. The Balaban J connectivity index is 2.02. The van der Waals surface area contributed by atoms with Crippen molar-refractivity contribution < 1.29 is 4.79 Å². The van der Waals surface area contributed by atoms with Gasteiger partial charge in [-0.2, -0.15) is 0 Å². The molecule has 21 heavy (non-hydrogen) atoms. The maximum atomic E-state index is 12.4. The summed E-state index contributed by atoms with van der Waals surface area (Å²) in [4.78, 5) is 12.4. The smallest absolute Gasteiger partial charge is 0.165 e. The van der Waals surface area contributed by atoms with Crippen molar-refractivity contribution in [1.82, 2.24) is 4.57 Å². The molecule has 0 spiro atoms. The van der Waals surface area contributed by atoms with Crippen molar-refractivity contribution in [2.75, 3.05) is 0 Å². The van der Waals surface area contributed by atoms with Crippen LogP contribution in [0.2, 0.25) is 0 Å². The molecule has 0 aliphatic heterocycles. The van der Waals surface area contributed by atoms with E-state index < -0.39 is 0 Å². The largest absolute Gasteiger partial charge is 0.344 e. The van der Waals surface area contributed by atoms with Gasteiger partial charge in [0.15, 0.2) is 5.78 Å². The van der Waals surface area contributed by atoms with E-state index in [0.717, 1.165) is 18.5 Å². The van der Waals surface area contributed by atoms with Crippen LogP contribution >= 0.6 is 0 Å². The summed E-state index contributed by atoms with van der Waals surface area (Å²) in [6.45, 7) is 9.45. The quantitative estimate of drug-likeness (QED) is 0.804. The van der Waals surface area contributed by atoms with Gasteiger partial charge in [0.05, 0.1) is 0 Å². The van der Waals surface area contributed by atoms with E-state index in [1.807, 2.05) is 0 Å². The lowest BCUT2D eigenvalue weighted by Gasteiger charge is -2.30. The number of carbonyl (C=O) groups excluding carboxylic acids is 1. The van der Waals surface area contributed by atoms with E-state index in [2.05, 4.69) is 62.6 Å². The zero-order valence-electron chi connectivity index (χ0n) is 13.4. The van der Waals surface area contributed by atoms with Gasteiger partial charge in [0.1, 0.15) is 0 Å². The van der Waals surface area contributed by atoms with E-state index in [1.165, 1.54) is 22.5 Å². The molecule has 3 rings (SSSR count). The summed E-state index contributed by atoms with van der Waals surface area (Å²) < 4.78 is 2.32. The number of benzene rings is 1. The van der Waals surface area contributed by atoms with Gasteiger partial charge in [-0.3, -0.25) is 4.79 Å². The Morgan fingerprint density at radius 2 is 1.90 bits per heavy atom. The van der Waals surface area contributed by atoms with Crippen LogP contribution in [0.15, 0.2) is 30.3 Å². The van der Waals surface area contributed by atoms with E-state index in [4.69, 9.17) is 0 Å². The first-order chi connectivity index (χ1) is 9.85. The number of aryl methyl sites for hydroxylation is 2. The Labute approximate surface area is 126 Å². The molecule has 0 saturated heterocycles. The molecule has 1 aromatic heterocycles. The minimum absolute atomic E-state index is 0.0687. The number of carbonyl (C=O) groups is 1. The lowest BCUT2D eigenvalue weighted by Crippen LogP contribution is -2.28. The van der Waals surface area contributed by atoms with Gasteiger partial charge in [0, 0.05) is 29.9 Å². The number of rotatable bonds is 2. The van der Waals surface area contributed by atoms with Gasteiger partial charge in [-0.1, -0.05) is 43.7 Å². The van der Waals surface area contributed by atoms with Gasteiger partial charge in [0.25, 0.3) is 0 Å². The Kier molecular flexibility index (Phi) is 3.27. The first-order valence-corrected chi connectivity index (χ1v) is 7.63. The molecule has 2 nitrogen and oxygen atoms in total. The van der Waals surface area contributed by atoms with Crippen LogP contribution in [-0.2, 0) is 13.0 Å². The van der Waals surface area contributed by atoms with Crippen molar-refractivity contribution >= 4 is 5.78 Å². The van der Waals surface area contributed by atoms with Crippen LogP contribution in [0.5, 0.6) is 0 Å². The molecule has 0 amide bonds. The summed E-state index contributed by atoms with van der Waals surface area (Å²) in [6.07, 6.45) is 1.64. The van der Waals surface area contributed by atoms with E-state index in [-0.39, 0.29) is 5.41 Å². The standard InChI is InChI=1S/C19H23NO/c1-13-6-5-7-15(8-13)12-20-14(2)9-16-17(20)10-19(3,4)11-18(16)21/h5-9H,10-12H2,1-4H3. The fourth-order valence-corrected chi connectivity index (χ4v) is 3.42. The molecule has 1 aromatic carbocycles. The second-order valence-corrected chi connectivity index (χ2v) is 7.16. The van der Waals surface area contributed by atoms with E-state index in [0.29, 0.717) is 12.2 Å². The molecular formula is C19H23NO. The van der Waals surface area contributed by atoms with Crippen LogP contribution in [0.3, 0.4) is 0 Å². The van der Waals surface area contributed by atoms with Crippen LogP contribution in [0.4, 0.5) is 0 Å². The number of hydrogen-bond donors (Lipinski definition) is 0. The SMILES string of the molecule is Cc1cccc(Cn2c(C)cc3c2CC(C)(C)CC3=O)c1. The number of Topliss-reactive ketones (excluding diaryl/α,β-unsaturated/α-hetero) is 1. The molecule has 0 atom stereocenters. The highest BCUT2D eigenvalue weighted by atomic mass is 16.1. The molecule has 1 aliphatic rings. The number of ketones is 1. The highest BCUT2D eigenvalue weighted by Gasteiger charge is 2.33. The molecule has 0 N–H and O–H groups in total. The second kappa shape index (κ2) is 4.87. The Morgan fingerprint density at radius 1 is 1.14 bits per heavy atom. The molecule has 0 saturated carbocycles. The summed E-state index contributed by atoms with van der Waals surface area (Å²) in [7, 11) is 0. The minimum Gasteiger partial charge on any atom is -0.344 e. The minimum atomic E-state index is 0.0687. The van der Waals surface area contributed by atoms with Gasteiger partial charge >= 0.3 is 0 Å². The van der Waals surface area contributed by atoms with Gasteiger partial charge in [-0.05, 0) is 37.3 Å². The molecule has 1 heterocycles. The molecule has 0 bridgehead atoms. The highest BCUT2D eigenvalue weighted by molar-refractivity contribution is 5.99. The maximum absolute atomic E-state index is 12.4. The van der Waals surface area contributed by atoms with Crippen molar-refractivity contribution in [2.24, 2.45) is 5.41 Å². The highest BCUT2D eigenvalue weighted by Crippen LogP contribution is 2.36. The molecule has 2 aromatic rings. The number of hydrogen-bond acceptors (Lipinski definition) is 1. The monoisotopic (exact) mass is 281 g/mol. The number of fused-ring (bicyclic) bond motifs is 1. The van der Waals surface area contributed by atoms with E-state index >= 15 is 0 Å². The van der Waals surface area contributed by atoms with Crippen molar-refractivity contribution in [3.63, 3.8) is 0 Å². The summed E-state index contributed by atoms with van der Waals surface area (Å²) in [5, 5.41) is 0. The van der Waals surface area contributed by atoms with Crippen molar-refractivity contribution in [3.8, 4) is 0 Å². The molecule has 2 heteroatoms. The van der Waals surface area contributed by atoms with Crippen LogP contribution in [-0.4, -0.2) is 10.4 Å². The topological polar surface area (TPSA) is 22.0 Å². The van der Waals surface area contributed by atoms with Gasteiger partial charge in [-0.25, -0.2) is 0 Å². The van der Waals surface area contributed by atoms with E-state index in [1.54, 1.807) is 0 Å². The number of aromatic nitrogens is 1. The second-order valence-electron chi connectivity index (χ2n) is 7.16. The molecule has 1 aliphatic carbocycles. The van der Waals surface area contributed by atoms with Crippen LogP contribution in [0.25, 0.3) is 0 Å². The zero-order valence-corrected chi connectivity index (χ0v) is 13.4. The molecular weight excluding hydrogens is 258 g/mol. The lowest BCUT2D eigenvalue weighted by molar-refractivity contribution is 0.0910. The number of nitrogens with zero attached hydrogens (tertiary/aromatic N) is 1. The molecule has 0 radical (unpaired) electrons. The maximum Gasteiger partial charge on any atom is 0.165 e. The fourth-order valence-electron chi connectivity index (χ4n) is 3.42. The Hall–Kier alpha value is -1.83. The van der Waals surface area contributed by atoms with Crippen LogP contribution in [0, 0.1) is 19.3 Å². The van der Waals surface area contributed by atoms with Crippen LogP contribution in [0.1, 0.15) is 53.1 Å². The van der Waals surface area contributed by atoms with Crippen molar-refractivity contribution in [1.29, 1.82) is 0 Å². The molecule has 110 valence electrons. The normalized spacial score (nSPS) is 16.9. The molecule has 0 unspecified atom stereocenters. The summed E-state index contributed by atoms with van der Waals surface area (Å²) in [5.41, 5.74) is 6.00. The summed E-state index contributed by atoms with van der Waals surface area (Å²) >= 11 is 0. The third kappa shape index (κ3) is 2.67. The van der Waals surface area contributed by atoms with Crippen molar-refractivity contribution in [2.45, 2.75) is 47.1 Å². The molecule has 0 fully saturated rings.